The van der Waals surface area contributed by atoms with Crippen molar-refractivity contribution in [3.63, 3.8) is 0 Å². The Hall–Kier alpha value is -2.42. The van der Waals surface area contributed by atoms with Crippen LogP contribution in [0.2, 0.25) is 5.02 Å². The molecule has 1 atom stereocenters. The number of aromatic nitrogens is 2. The van der Waals surface area contributed by atoms with E-state index in [4.69, 9.17) is 11.6 Å². The van der Waals surface area contributed by atoms with Crippen LogP contribution in [0.1, 0.15) is 34.9 Å². The quantitative estimate of drug-likeness (QED) is 0.664. The minimum atomic E-state index is -3.75. The number of benzene rings is 2. The molecule has 158 valence electrons. The Labute approximate surface area is 180 Å². The number of nitrogens with one attached hydrogen (secondary N) is 1. The normalized spacial score (nSPS) is 17.6. The molecule has 0 spiro atoms. The van der Waals surface area contributed by atoms with Crippen LogP contribution in [-0.4, -0.2) is 60.7 Å². The molecule has 1 N–H and O–H groups in total. The Morgan fingerprint density at radius 1 is 1.23 bits per heavy atom. The first-order chi connectivity index (χ1) is 14.3. The molecule has 1 aliphatic heterocycles. The van der Waals surface area contributed by atoms with E-state index in [1.807, 2.05) is 24.3 Å². The van der Waals surface area contributed by atoms with Crippen molar-refractivity contribution in [1.29, 1.82) is 0 Å². The first-order valence-corrected chi connectivity index (χ1v) is 11.5. The maximum absolute atomic E-state index is 13.2. The summed E-state index contributed by atoms with van der Waals surface area (Å²) < 4.78 is 26.1. The predicted octanol–water partition coefficient (Wildman–Crippen LogP) is 3.49. The molecule has 1 unspecified atom stereocenters. The Kier molecular flexibility index (Phi) is 5.57. The number of nitrogens with zero attached hydrogens (tertiary/aromatic N) is 3. The number of H-pyrrole nitrogens is 1. The summed E-state index contributed by atoms with van der Waals surface area (Å²) in [7, 11) is -0.881. The highest BCUT2D eigenvalue weighted by Gasteiger charge is 2.29. The Morgan fingerprint density at radius 2 is 2.00 bits per heavy atom. The summed E-state index contributed by atoms with van der Waals surface area (Å²) in [6, 6.07) is 12.3. The monoisotopic (exact) mass is 446 g/mol. The molecule has 0 aliphatic carbocycles. The zero-order chi connectivity index (χ0) is 21.5. The summed E-state index contributed by atoms with van der Waals surface area (Å²) in [5, 5.41) is 0.0963. The van der Waals surface area contributed by atoms with Crippen LogP contribution in [0.25, 0.3) is 11.0 Å². The molecule has 3 aromatic rings. The van der Waals surface area contributed by atoms with Gasteiger partial charge in [-0.1, -0.05) is 23.7 Å². The molecule has 1 fully saturated rings. The smallest absolute Gasteiger partial charge is 0.253 e. The van der Waals surface area contributed by atoms with Crippen LogP contribution in [0, 0.1) is 0 Å². The molecule has 0 saturated carbocycles. The highest BCUT2D eigenvalue weighted by Crippen LogP contribution is 2.29. The summed E-state index contributed by atoms with van der Waals surface area (Å²) in [6.45, 7) is 1.14. The zero-order valence-electron chi connectivity index (χ0n) is 16.8. The van der Waals surface area contributed by atoms with Gasteiger partial charge >= 0.3 is 0 Å². The number of halogens is 1. The van der Waals surface area contributed by atoms with Crippen LogP contribution in [-0.2, 0) is 10.0 Å². The fourth-order valence-electron chi connectivity index (χ4n) is 3.76. The fourth-order valence-corrected chi connectivity index (χ4v) is 5.16. The molecule has 1 aromatic heterocycles. The maximum atomic E-state index is 13.2. The van der Waals surface area contributed by atoms with Gasteiger partial charge in [0, 0.05) is 38.7 Å². The van der Waals surface area contributed by atoms with Crippen LogP contribution in [0.5, 0.6) is 0 Å². The minimum Gasteiger partial charge on any atom is -0.342 e. The molecule has 9 heteroatoms. The van der Waals surface area contributed by atoms with Gasteiger partial charge in [0.2, 0.25) is 10.0 Å². The molecule has 1 aliphatic rings. The molecule has 0 bridgehead atoms. The molecule has 1 amide bonds. The van der Waals surface area contributed by atoms with Crippen LogP contribution in [0.15, 0.2) is 47.4 Å². The van der Waals surface area contributed by atoms with Gasteiger partial charge in [-0.3, -0.25) is 4.79 Å². The minimum absolute atomic E-state index is 0.0640. The number of amides is 1. The number of para-hydroxylation sites is 2. The SMILES string of the molecule is CN(C)S(=O)(=O)c1cc(C(=O)N2CCCC(c3nc4ccccc4[nH]3)C2)ccc1Cl. The number of carbonyl (C=O) groups excluding carboxylic acids is 1. The zero-order valence-corrected chi connectivity index (χ0v) is 18.4. The van der Waals surface area contributed by atoms with Crippen LogP contribution in [0.3, 0.4) is 0 Å². The number of imidazole rings is 1. The Bertz CT molecular complexity index is 1170. The van der Waals surface area contributed by atoms with E-state index in [0.29, 0.717) is 18.7 Å². The number of sulfonamides is 1. The van der Waals surface area contributed by atoms with Gasteiger partial charge in [0.15, 0.2) is 0 Å². The van der Waals surface area contributed by atoms with Gasteiger partial charge in [-0.25, -0.2) is 17.7 Å². The second kappa shape index (κ2) is 8.02. The second-order valence-electron chi connectivity index (χ2n) is 7.66. The number of rotatable bonds is 4. The number of piperidine rings is 1. The van der Waals surface area contributed by atoms with E-state index >= 15 is 0 Å². The number of hydrogen-bond donors (Lipinski definition) is 1. The van der Waals surface area contributed by atoms with Crippen molar-refractivity contribution in [2.75, 3.05) is 27.2 Å². The average Bonchev–Trinajstić information content (AvgIpc) is 3.18. The van der Waals surface area contributed by atoms with Crippen molar-refractivity contribution in [2.45, 2.75) is 23.7 Å². The molecular weight excluding hydrogens is 424 g/mol. The van der Waals surface area contributed by atoms with E-state index in [1.165, 1.54) is 26.2 Å². The number of carbonyl (C=O) groups is 1. The van der Waals surface area contributed by atoms with Gasteiger partial charge in [0.05, 0.1) is 16.1 Å². The standard InChI is InChI=1S/C21H23ClN4O3S/c1-25(2)30(28,29)19-12-14(9-10-16(19)22)21(27)26-11-5-6-15(13-26)20-23-17-7-3-4-8-18(17)24-20/h3-4,7-10,12,15H,5-6,11,13H2,1-2H3,(H,23,24). The molecule has 1 saturated heterocycles. The average molecular weight is 447 g/mol. The Morgan fingerprint density at radius 3 is 2.73 bits per heavy atom. The summed E-state index contributed by atoms with van der Waals surface area (Å²) in [6.07, 6.45) is 1.79. The number of fused-ring (bicyclic) bond motifs is 1. The van der Waals surface area contributed by atoms with Crippen molar-refractivity contribution >= 4 is 38.6 Å². The van der Waals surface area contributed by atoms with Gasteiger partial charge in [0.25, 0.3) is 5.91 Å². The first kappa shape index (κ1) is 20.8. The van der Waals surface area contributed by atoms with Crippen molar-refractivity contribution in [3.8, 4) is 0 Å². The first-order valence-electron chi connectivity index (χ1n) is 9.73. The lowest BCUT2D eigenvalue weighted by Gasteiger charge is -2.32. The van der Waals surface area contributed by atoms with E-state index < -0.39 is 10.0 Å². The molecule has 0 radical (unpaired) electrons. The Balaban J connectivity index is 1.59. The van der Waals surface area contributed by atoms with E-state index in [9.17, 15) is 13.2 Å². The molecule has 7 nitrogen and oxygen atoms in total. The lowest BCUT2D eigenvalue weighted by molar-refractivity contribution is 0.0704. The molecular formula is C21H23ClN4O3S. The number of aromatic amines is 1. The van der Waals surface area contributed by atoms with E-state index in [2.05, 4.69) is 9.97 Å². The summed E-state index contributed by atoms with van der Waals surface area (Å²) in [4.78, 5) is 22.9. The van der Waals surface area contributed by atoms with Crippen LogP contribution >= 0.6 is 11.6 Å². The van der Waals surface area contributed by atoms with Crippen LogP contribution in [0.4, 0.5) is 0 Å². The van der Waals surface area contributed by atoms with Gasteiger partial charge in [-0.15, -0.1) is 0 Å². The van der Waals surface area contributed by atoms with Gasteiger partial charge in [-0.05, 0) is 43.2 Å². The predicted molar refractivity (Wildman–Crippen MR) is 116 cm³/mol. The van der Waals surface area contributed by atoms with E-state index in [-0.39, 0.29) is 21.7 Å². The molecule has 4 rings (SSSR count). The summed E-state index contributed by atoms with van der Waals surface area (Å²) in [5.41, 5.74) is 2.20. The summed E-state index contributed by atoms with van der Waals surface area (Å²) in [5.74, 6) is 0.774. The number of likely N-dealkylation sites (tertiary alicyclic amines) is 1. The topological polar surface area (TPSA) is 86.4 Å². The second-order valence-corrected chi connectivity index (χ2v) is 10.2. The van der Waals surface area contributed by atoms with Crippen molar-refractivity contribution in [2.24, 2.45) is 0 Å². The van der Waals surface area contributed by atoms with Gasteiger partial charge in [-0.2, -0.15) is 0 Å². The van der Waals surface area contributed by atoms with Crippen molar-refractivity contribution in [3.05, 3.63) is 58.9 Å². The molecule has 2 heterocycles. The lowest BCUT2D eigenvalue weighted by atomic mass is 9.96. The van der Waals surface area contributed by atoms with Crippen molar-refractivity contribution < 1.29 is 13.2 Å². The highest BCUT2D eigenvalue weighted by atomic mass is 35.5. The van der Waals surface area contributed by atoms with Gasteiger partial charge in [0.1, 0.15) is 10.7 Å². The molecule has 2 aromatic carbocycles. The number of hydrogen-bond acceptors (Lipinski definition) is 4. The largest absolute Gasteiger partial charge is 0.342 e. The lowest BCUT2D eigenvalue weighted by Crippen LogP contribution is -2.39. The third-order valence-corrected chi connectivity index (χ3v) is 7.74. The summed E-state index contributed by atoms with van der Waals surface area (Å²) >= 11 is 6.11. The van der Waals surface area contributed by atoms with Crippen LogP contribution < -0.4 is 0 Å². The fraction of sp³-hybridized carbons (Fsp3) is 0.333. The van der Waals surface area contributed by atoms with Crippen molar-refractivity contribution in [1.82, 2.24) is 19.2 Å². The third-order valence-electron chi connectivity index (χ3n) is 5.44. The third kappa shape index (κ3) is 3.82. The maximum Gasteiger partial charge on any atom is 0.253 e. The van der Waals surface area contributed by atoms with E-state index in [1.54, 1.807) is 11.0 Å². The molecule has 30 heavy (non-hydrogen) atoms. The highest BCUT2D eigenvalue weighted by molar-refractivity contribution is 7.89. The van der Waals surface area contributed by atoms with Gasteiger partial charge < -0.3 is 9.88 Å². The van der Waals surface area contributed by atoms with E-state index in [0.717, 1.165) is 34.0 Å².